The Morgan fingerprint density at radius 3 is 2.85 bits per heavy atom. The third-order valence-corrected chi connectivity index (χ3v) is 2.59. The molecule has 0 spiro atoms. The number of hydrogen-bond donors (Lipinski definition) is 1. The summed E-state index contributed by atoms with van der Waals surface area (Å²) in [6.07, 6.45) is 2.87. The lowest BCUT2D eigenvalue weighted by Crippen LogP contribution is -2.41. The number of ether oxygens (including phenoxy) is 2. The van der Waals surface area contributed by atoms with Crippen molar-refractivity contribution in [3.8, 4) is 6.07 Å². The summed E-state index contributed by atoms with van der Waals surface area (Å²) < 4.78 is 10.6. The van der Waals surface area contributed by atoms with Crippen molar-refractivity contribution in [3.05, 3.63) is 53.5 Å². The highest BCUT2D eigenvalue weighted by Crippen LogP contribution is 2.16. The summed E-state index contributed by atoms with van der Waals surface area (Å²) in [5, 5.41) is 11.5. The molecule has 0 fully saturated rings. The Labute approximate surface area is 117 Å². The first-order valence-corrected chi connectivity index (χ1v) is 6.22. The topological polar surface area (TPSA) is 71.3 Å². The second kappa shape index (κ2) is 6.43. The van der Waals surface area contributed by atoms with Gasteiger partial charge in [-0.1, -0.05) is 36.4 Å². The van der Waals surface area contributed by atoms with Crippen LogP contribution in [0.3, 0.4) is 0 Å². The number of benzene rings is 1. The predicted octanol–water partition coefficient (Wildman–Crippen LogP) is 1.94. The largest absolute Gasteiger partial charge is 0.465 e. The van der Waals surface area contributed by atoms with E-state index in [1.165, 1.54) is 0 Å². The highest BCUT2D eigenvalue weighted by Gasteiger charge is 2.28. The molecule has 0 saturated heterocycles. The molecule has 1 aliphatic rings. The van der Waals surface area contributed by atoms with E-state index in [-0.39, 0.29) is 11.5 Å². The summed E-state index contributed by atoms with van der Waals surface area (Å²) in [7, 11) is 0. The first-order valence-electron chi connectivity index (χ1n) is 6.22. The lowest BCUT2D eigenvalue weighted by Gasteiger charge is -2.24. The molecule has 2 rings (SSSR count). The minimum absolute atomic E-state index is 0.0264. The van der Waals surface area contributed by atoms with Crippen molar-refractivity contribution in [1.29, 1.82) is 5.26 Å². The number of rotatable bonds is 4. The Kier molecular flexibility index (Phi) is 4.40. The van der Waals surface area contributed by atoms with Gasteiger partial charge in [0.2, 0.25) is 0 Å². The zero-order valence-corrected chi connectivity index (χ0v) is 11.0. The van der Waals surface area contributed by atoms with Gasteiger partial charge in [-0.25, -0.2) is 0 Å². The summed E-state index contributed by atoms with van der Waals surface area (Å²) in [4.78, 5) is 11.7. The van der Waals surface area contributed by atoms with Gasteiger partial charge in [-0.15, -0.1) is 0 Å². The van der Waals surface area contributed by atoms with E-state index < -0.39 is 12.1 Å². The minimum atomic E-state index is -0.652. The molecule has 1 unspecified atom stereocenters. The van der Waals surface area contributed by atoms with Crippen LogP contribution in [0.4, 0.5) is 0 Å². The summed E-state index contributed by atoms with van der Waals surface area (Å²) in [5.74, 6) is -0.522. The van der Waals surface area contributed by atoms with Crippen LogP contribution in [0.25, 0.3) is 6.08 Å². The normalized spacial score (nSPS) is 18.4. The molecule has 5 nitrogen and oxygen atoms in total. The molecule has 0 bridgehead atoms. The first kappa shape index (κ1) is 13.7. The maximum Gasteiger partial charge on any atom is 0.305 e. The van der Waals surface area contributed by atoms with Crippen LogP contribution in [0, 0.1) is 11.3 Å². The van der Waals surface area contributed by atoms with Crippen LogP contribution >= 0.6 is 0 Å². The molecule has 1 heterocycles. The highest BCUT2D eigenvalue weighted by atomic mass is 16.7. The van der Waals surface area contributed by atoms with E-state index in [2.05, 4.69) is 5.32 Å². The fraction of sp³-hybridized carbons (Fsp3) is 0.200. The first-order chi connectivity index (χ1) is 9.74. The highest BCUT2D eigenvalue weighted by molar-refractivity contribution is 5.98. The van der Waals surface area contributed by atoms with Crippen molar-refractivity contribution in [2.45, 2.75) is 13.2 Å². The van der Waals surface area contributed by atoms with E-state index in [1.54, 1.807) is 19.1 Å². The SMILES string of the molecule is CCOC1=C(C#N)C(=O)NC(/C=C/c2ccccc2)O1. The van der Waals surface area contributed by atoms with Crippen molar-refractivity contribution in [1.82, 2.24) is 5.32 Å². The molecule has 1 aliphatic heterocycles. The van der Waals surface area contributed by atoms with Crippen molar-refractivity contribution in [3.63, 3.8) is 0 Å². The van der Waals surface area contributed by atoms with E-state index in [4.69, 9.17) is 14.7 Å². The Morgan fingerprint density at radius 1 is 1.45 bits per heavy atom. The fourth-order valence-electron chi connectivity index (χ4n) is 1.68. The lowest BCUT2D eigenvalue weighted by atomic mass is 10.2. The number of carbonyl (C=O) groups excluding carboxylic acids is 1. The van der Waals surface area contributed by atoms with Gasteiger partial charge >= 0.3 is 5.95 Å². The maximum absolute atomic E-state index is 11.7. The van der Waals surface area contributed by atoms with Gasteiger partial charge in [0.15, 0.2) is 11.8 Å². The van der Waals surface area contributed by atoms with Crippen LogP contribution in [0.15, 0.2) is 47.9 Å². The summed E-state index contributed by atoms with van der Waals surface area (Å²) >= 11 is 0. The van der Waals surface area contributed by atoms with Gasteiger partial charge in [-0.2, -0.15) is 5.26 Å². The number of carbonyl (C=O) groups is 1. The Balaban J connectivity index is 2.13. The number of nitrogens with zero attached hydrogens (tertiary/aromatic N) is 1. The summed E-state index contributed by atoms with van der Waals surface area (Å²) in [6.45, 7) is 2.08. The molecule has 1 amide bonds. The quantitative estimate of drug-likeness (QED) is 0.907. The van der Waals surface area contributed by atoms with Crippen LogP contribution < -0.4 is 5.32 Å². The Hall–Kier alpha value is -2.74. The van der Waals surface area contributed by atoms with Crippen molar-refractivity contribution < 1.29 is 14.3 Å². The molecule has 0 radical (unpaired) electrons. The van der Waals surface area contributed by atoms with E-state index >= 15 is 0 Å². The molecule has 0 aromatic heterocycles. The number of hydrogen-bond acceptors (Lipinski definition) is 4. The van der Waals surface area contributed by atoms with Gasteiger partial charge in [0.1, 0.15) is 6.07 Å². The van der Waals surface area contributed by atoms with Crippen molar-refractivity contribution in [2.24, 2.45) is 0 Å². The standard InChI is InChI=1S/C15H14N2O3/c1-2-19-15-12(10-16)14(18)17-13(20-15)9-8-11-6-4-3-5-7-11/h3-9,13H,2H2,1H3,(H,17,18)/b9-8+. The molecular formula is C15H14N2O3. The monoisotopic (exact) mass is 270 g/mol. The molecule has 0 saturated carbocycles. The molecule has 0 aliphatic carbocycles. The van der Waals surface area contributed by atoms with Crippen molar-refractivity contribution >= 4 is 12.0 Å². The minimum Gasteiger partial charge on any atom is -0.465 e. The average Bonchev–Trinajstić information content (AvgIpc) is 2.46. The molecule has 1 aromatic rings. The second-order valence-electron chi connectivity index (χ2n) is 3.99. The van der Waals surface area contributed by atoms with Gasteiger partial charge in [-0.3, -0.25) is 4.79 Å². The lowest BCUT2D eigenvalue weighted by molar-refractivity contribution is -0.124. The number of amides is 1. The Morgan fingerprint density at radius 2 is 2.20 bits per heavy atom. The molecule has 1 aromatic carbocycles. The maximum atomic E-state index is 11.7. The molecule has 20 heavy (non-hydrogen) atoms. The van der Waals surface area contributed by atoms with Gasteiger partial charge in [-0.05, 0) is 18.6 Å². The van der Waals surface area contributed by atoms with Gasteiger partial charge in [0.05, 0.1) is 6.61 Å². The average molecular weight is 270 g/mol. The van der Waals surface area contributed by atoms with E-state index in [1.807, 2.05) is 36.4 Å². The second-order valence-corrected chi connectivity index (χ2v) is 3.99. The third-order valence-electron chi connectivity index (χ3n) is 2.59. The van der Waals surface area contributed by atoms with Crippen LogP contribution in [0.1, 0.15) is 12.5 Å². The van der Waals surface area contributed by atoms with E-state index in [0.29, 0.717) is 6.61 Å². The smallest absolute Gasteiger partial charge is 0.305 e. The van der Waals surface area contributed by atoms with Crippen LogP contribution in [-0.2, 0) is 14.3 Å². The third kappa shape index (κ3) is 3.18. The molecular weight excluding hydrogens is 256 g/mol. The van der Waals surface area contributed by atoms with Gasteiger partial charge in [0, 0.05) is 0 Å². The molecule has 1 atom stereocenters. The van der Waals surface area contributed by atoms with Crippen LogP contribution in [0.5, 0.6) is 0 Å². The fourth-order valence-corrected chi connectivity index (χ4v) is 1.68. The zero-order valence-electron chi connectivity index (χ0n) is 11.0. The van der Waals surface area contributed by atoms with Crippen LogP contribution in [-0.4, -0.2) is 18.7 Å². The summed E-state index contributed by atoms with van der Waals surface area (Å²) in [5.41, 5.74) is 0.842. The molecule has 1 N–H and O–H groups in total. The van der Waals surface area contributed by atoms with Gasteiger partial charge in [0.25, 0.3) is 5.91 Å². The number of nitrogens with one attached hydrogen (secondary N) is 1. The van der Waals surface area contributed by atoms with Gasteiger partial charge < -0.3 is 14.8 Å². The van der Waals surface area contributed by atoms with Crippen molar-refractivity contribution in [2.75, 3.05) is 6.61 Å². The van der Waals surface area contributed by atoms with Crippen LogP contribution in [0.2, 0.25) is 0 Å². The molecule has 5 heteroatoms. The predicted molar refractivity (Wildman–Crippen MR) is 72.8 cm³/mol. The number of nitriles is 1. The Bertz CT molecular complexity index is 585. The van der Waals surface area contributed by atoms with E-state index in [9.17, 15) is 4.79 Å². The summed E-state index contributed by atoms with van der Waals surface area (Å²) in [6, 6.07) is 11.4. The molecule has 102 valence electrons. The van der Waals surface area contributed by atoms with E-state index in [0.717, 1.165) is 5.56 Å². The zero-order chi connectivity index (χ0) is 14.4.